The average Bonchev–Trinajstić information content (AvgIpc) is 2.91. The summed E-state index contributed by atoms with van der Waals surface area (Å²) in [4.78, 5) is 29.4. The Balaban J connectivity index is 1.98. The molecule has 2 amide bonds. The van der Waals surface area contributed by atoms with Gasteiger partial charge in [-0.05, 0) is 57.4 Å². The zero-order chi connectivity index (χ0) is 20.7. The van der Waals surface area contributed by atoms with E-state index < -0.39 is 15.4 Å². The molecule has 0 atom stereocenters. The molecule has 1 spiro atoms. The van der Waals surface area contributed by atoms with Crippen molar-refractivity contribution in [2.24, 2.45) is 0 Å². The molecule has 8 heteroatoms. The number of carbonyl (C=O) groups excluding carboxylic acids is 2. The van der Waals surface area contributed by atoms with E-state index >= 15 is 0 Å². The van der Waals surface area contributed by atoms with Gasteiger partial charge >= 0.3 is 0 Å². The Bertz CT molecular complexity index is 885. The highest BCUT2D eigenvalue weighted by atomic mass is 32.2. The number of nitrogens with zero attached hydrogens (tertiary/aromatic N) is 3. The Morgan fingerprint density at radius 2 is 1.75 bits per heavy atom. The fraction of sp³-hybridized carbons (Fsp3) is 0.600. The van der Waals surface area contributed by atoms with Crippen molar-refractivity contribution in [2.75, 3.05) is 43.9 Å². The van der Waals surface area contributed by atoms with E-state index in [0.29, 0.717) is 44.6 Å². The predicted octanol–water partition coefficient (Wildman–Crippen LogP) is 1.83. The molecule has 2 aliphatic heterocycles. The Kier molecular flexibility index (Phi) is 5.55. The van der Waals surface area contributed by atoms with Crippen LogP contribution in [-0.2, 0) is 20.2 Å². The summed E-state index contributed by atoms with van der Waals surface area (Å²) in [6, 6.07) is 5.47. The van der Waals surface area contributed by atoms with Crippen molar-refractivity contribution in [1.29, 1.82) is 0 Å². The smallest absolute Gasteiger partial charge is 0.253 e. The average molecular weight is 408 g/mol. The third kappa shape index (κ3) is 3.12. The molecule has 1 aromatic rings. The topological polar surface area (TPSA) is 78.0 Å². The van der Waals surface area contributed by atoms with Gasteiger partial charge in [0.25, 0.3) is 5.91 Å². The molecule has 0 saturated carbocycles. The van der Waals surface area contributed by atoms with Gasteiger partial charge in [0, 0.05) is 44.5 Å². The van der Waals surface area contributed by atoms with Crippen molar-refractivity contribution >= 4 is 27.5 Å². The van der Waals surface area contributed by atoms with Crippen LogP contribution in [-0.4, -0.2) is 68.4 Å². The highest BCUT2D eigenvalue weighted by Crippen LogP contribution is 2.48. The second-order valence-electron chi connectivity index (χ2n) is 7.46. The highest BCUT2D eigenvalue weighted by molar-refractivity contribution is 7.89. The molecule has 28 heavy (non-hydrogen) atoms. The normalized spacial score (nSPS) is 19.1. The molecule has 7 nitrogen and oxygen atoms in total. The number of sulfonamides is 1. The van der Waals surface area contributed by atoms with Crippen LogP contribution >= 0.6 is 0 Å². The molecule has 0 aromatic heterocycles. The van der Waals surface area contributed by atoms with Crippen molar-refractivity contribution in [3.05, 3.63) is 29.3 Å². The summed E-state index contributed by atoms with van der Waals surface area (Å²) in [5.74, 6) is 0.00638. The van der Waals surface area contributed by atoms with Crippen LogP contribution in [0, 0.1) is 0 Å². The fourth-order valence-electron chi connectivity index (χ4n) is 4.40. The molecule has 154 valence electrons. The van der Waals surface area contributed by atoms with Crippen LogP contribution in [0.15, 0.2) is 18.2 Å². The number of anilines is 1. The minimum Gasteiger partial charge on any atom is -0.339 e. The SMILES string of the molecule is CCN(CC)C(=O)c1ccc2c(c1)C1(CCN(S(=O)(=O)CC)CC1)C(=O)N2C. The highest BCUT2D eigenvalue weighted by Gasteiger charge is 2.52. The summed E-state index contributed by atoms with van der Waals surface area (Å²) in [6.45, 7) is 7.41. The first kappa shape index (κ1) is 20.8. The number of amides is 2. The maximum absolute atomic E-state index is 13.2. The van der Waals surface area contributed by atoms with Crippen molar-refractivity contribution in [2.45, 2.75) is 39.0 Å². The minimum absolute atomic E-state index is 0.0107. The zero-order valence-corrected chi connectivity index (χ0v) is 17.9. The van der Waals surface area contributed by atoms with Crippen molar-refractivity contribution < 1.29 is 18.0 Å². The van der Waals surface area contributed by atoms with Gasteiger partial charge in [-0.25, -0.2) is 12.7 Å². The van der Waals surface area contributed by atoms with Gasteiger partial charge in [-0.15, -0.1) is 0 Å². The zero-order valence-electron chi connectivity index (χ0n) is 17.1. The van der Waals surface area contributed by atoms with Gasteiger partial charge in [0.15, 0.2) is 0 Å². The number of rotatable bonds is 5. The van der Waals surface area contributed by atoms with Crippen LogP contribution in [0.1, 0.15) is 49.5 Å². The van der Waals surface area contributed by atoms with E-state index in [-0.39, 0.29) is 17.6 Å². The van der Waals surface area contributed by atoms with Crippen LogP contribution < -0.4 is 4.90 Å². The number of hydrogen-bond acceptors (Lipinski definition) is 4. The van der Waals surface area contributed by atoms with Gasteiger partial charge in [-0.2, -0.15) is 0 Å². The monoisotopic (exact) mass is 407 g/mol. The van der Waals surface area contributed by atoms with Crippen molar-refractivity contribution in [1.82, 2.24) is 9.21 Å². The lowest BCUT2D eigenvalue weighted by atomic mass is 9.73. The summed E-state index contributed by atoms with van der Waals surface area (Å²) in [6.07, 6.45) is 0.872. The number of benzene rings is 1. The Morgan fingerprint density at radius 1 is 1.14 bits per heavy atom. The van der Waals surface area contributed by atoms with Crippen molar-refractivity contribution in [3.8, 4) is 0 Å². The summed E-state index contributed by atoms with van der Waals surface area (Å²) < 4.78 is 25.9. The summed E-state index contributed by atoms with van der Waals surface area (Å²) >= 11 is 0. The number of piperidine rings is 1. The number of likely N-dealkylation sites (N-methyl/N-ethyl adjacent to an activating group) is 1. The summed E-state index contributed by atoms with van der Waals surface area (Å²) in [5.41, 5.74) is 1.50. The molecular formula is C20H29N3O4S. The summed E-state index contributed by atoms with van der Waals surface area (Å²) in [5, 5.41) is 0. The van der Waals surface area contributed by atoms with Gasteiger partial charge in [-0.1, -0.05) is 0 Å². The van der Waals surface area contributed by atoms with E-state index in [1.54, 1.807) is 29.8 Å². The molecule has 3 rings (SSSR count). The van der Waals surface area contributed by atoms with Crippen LogP contribution in [0.2, 0.25) is 0 Å². The first-order valence-electron chi connectivity index (χ1n) is 9.91. The molecule has 1 saturated heterocycles. The van der Waals surface area contributed by atoms with Gasteiger partial charge in [0.05, 0.1) is 11.2 Å². The number of fused-ring (bicyclic) bond motifs is 2. The summed E-state index contributed by atoms with van der Waals surface area (Å²) in [7, 11) is -1.52. The van der Waals surface area contributed by atoms with E-state index in [4.69, 9.17) is 0 Å². The number of hydrogen-bond donors (Lipinski definition) is 0. The Hall–Kier alpha value is -1.93. The number of carbonyl (C=O) groups is 2. The van der Waals surface area contributed by atoms with Gasteiger partial charge in [0.2, 0.25) is 15.9 Å². The lowest BCUT2D eigenvalue weighted by molar-refractivity contribution is -0.124. The molecule has 2 heterocycles. The second kappa shape index (κ2) is 7.48. The van der Waals surface area contributed by atoms with E-state index in [9.17, 15) is 18.0 Å². The fourth-order valence-corrected chi connectivity index (χ4v) is 5.50. The standard InChI is InChI=1S/C20H29N3O4S/c1-5-22(6-2)18(24)15-8-9-17-16(14-15)20(19(25)21(17)4)10-12-23(13-11-20)28(26,27)7-3/h8-9,14H,5-7,10-13H2,1-4H3. The maximum Gasteiger partial charge on any atom is 0.253 e. The lowest BCUT2D eigenvalue weighted by Crippen LogP contribution is -2.49. The Labute approximate surface area is 167 Å². The molecule has 0 aliphatic carbocycles. The second-order valence-corrected chi connectivity index (χ2v) is 9.71. The van der Waals surface area contributed by atoms with Gasteiger partial charge in [0.1, 0.15) is 0 Å². The third-order valence-corrected chi connectivity index (χ3v) is 8.10. The first-order chi connectivity index (χ1) is 13.2. The largest absolute Gasteiger partial charge is 0.339 e. The molecule has 1 aromatic carbocycles. The molecule has 0 unspecified atom stereocenters. The minimum atomic E-state index is -3.27. The quantitative estimate of drug-likeness (QED) is 0.746. The van der Waals surface area contributed by atoms with Crippen LogP contribution in [0.5, 0.6) is 0 Å². The maximum atomic E-state index is 13.2. The lowest BCUT2D eigenvalue weighted by Gasteiger charge is -2.37. The third-order valence-electron chi connectivity index (χ3n) is 6.22. The van der Waals surface area contributed by atoms with Crippen LogP contribution in [0.3, 0.4) is 0 Å². The van der Waals surface area contributed by atoms with Crippen molar-refractivity contribution in [3.63, 3.8) is 0 Å². The molecule has 2 aliphatic rings. The molecule has 1 fully saturated rings. The molecule has 0 radical (unpaired) electrons. The van der Waals surface area contributed by atoms with E-state index in [0.717, 1.165) is 11.3 Å². The van der Waals surface area contributed by atoms with E-state index in [1.807, 2.05) is 26.0 Å². The van der Waals surface area contributed by atoms with Crippen LogP contribution in [0.25, 0.3) is 0 Å². The first-order valence-corrected chi connectivity index (χ1v) is 11.5. The molecular weight excluding hydrogens is 378 g/mol. The Morgan fingerprint density at radius 3 is 2.29 bits per heavy atom. The molecule has 0 bridgehead atoms. The van der Waals surface area contributed by atoms with E-state index in [2.05, 4.69) is 0 Å². The molecule has 0 N–H and O–H groups in total. The van der Waals surface area contributed by atoms with Crippen LogP contribution in [0.4, 0.5) is 5.69 Å². The van der Waals surface area contributed by atoms with Gasteiger partial charge < -0.3 is 9.80 Å². The predicted molar refractivity (Wildman–Crippen MR) is 109 cm³/mol. The van der Waals surface area contributed by atoms with E-state index in [1.165, 1.54) is 4.31 Å². The van der Waals surface area contributed by atoms with Gasteiger partial charge in [-0.3, -0.25) is 9.59 Å².